The number of allylic oxidation sites excluding steroid dienone is 2. The first-order valence-corrected chi connectivity index (χ1v) is 10.8. The molecule has 3 saturated carbocycles. The van der Waals surface area contributed by atoms with E-state index in [4.69, 9.17) is 4.74 Å². The fraction of sp³-hybridized carbons (Fsp3) is 0.864. The molecule has 3 rings (SSSR count). The molecular formula is C22H32F4O2. The van der Waals surface area contributed by atoms with Gasteiger partial charge in [0.25, 0.3) is 0 Å². The average molecular weight is 404 g/mol. The van der Waals surface area contributed by atoms with Crippen LogP contribution in [-0.2, 0) is 9.53 Å². The SMILES string of the molecule is C/C=C/C1CCC(C2CCC(C(=O)OC3CC(F)C(F)C(F)C3)C(F)C2)CC1. The van der Waals surface area contributed by atoms with E-state index in [1.807, 2.05) is 6.92 Å². The number of ether oxygens (including phenoxy) is 1. The monoisotopic (exact) mass is 404 g/mol. The largest absolute Gasteiger partial charge is 0.462 e. The Balaban J connectivity index is 1.47. The second-order valence-corrected chi connectivity index (χ2v) is 8.90. The number of hydrogen-bond donors (Lipinski definition) is 0. The van der Waals surface area contributed by atoms with Gasteiger partial charge in [0.15, 0.2) is 6.17 Å². The third-order valence-corrected chi connectivity index (χ3v) is 7.01. The number of rotatable bonds is 4. The lowest BCUT2D eigenvalue weighted by molar-refractivity contribution is -0.164. The Kier molecular flexibility index (Phi) is 7.43. The molecule has 0 aromatic rings. The molecule has 0 aromatic heterocycles. The van der Waals surface area contributed by atoms with E-state index in [1.54, 1.807) is 0 Å². The minimum atomic E-state index is -2.16. The van der Waals surface area contributed by atoms with Crippen LogP contribution >= 0.6 is 0 Å². The molecule has 0 radical (unpaired) electrons. The first-order chi connectivity index (χ1) is 13.4. The van der Waals surface area contributed by atoms with Crippen LogP contribution in [0.1, 0.15) is 64.7 Å². The maximum absolute atomic E-state index is 14.8. The van der Waals surface area contributed by atoms with Crippen molar-refractivity contribution in [2.75, 3.05) is 0 Å². The predicted octanol–water partition coefficient (Wildman–Crippen LogP) is 5.84. The summed E-state index contributed by atoms with van der Waals surface area (Å²) in [5.41, 5.74) is 0. The smallest absolute Gasteiger partial charge is 0.312 e. The first-order valence-electron chi connectivity index (χ1n) is 10.8. The first kappa shape index (κ1) is 21.6. The van der Waals surface area contributed by atoms with Gasteiger partial charge in [-0.2, -0.15) is 0 Å². The van der Waals surface area contributed by atoms with Crippen molar-refractivity contribution in [3.8, 4) is 0 Å². The Morgan fingerprint density at radius 2 is 1.43 bits per heavy atom. The van der Waals surface area contributed by atoms with Gasteiger partial charge in [-0.05, 0) is 69.6 Å². The van der Waals surface area contributed by atoms with Crippen molar-refractivity contribution < 1.29 is 27.1 Å². The highest BCUT2D eigenvalue weighted by Crippen LogP contribution is 2.43. The van der Waals surface area contributed by atoms with Crippen LogP contribution in [0, 0.1) is 23.7 Å². The Hall–Kier alpha value is -1.07. The highest BCUT2D eigenvalue weighted by atomic mass is 19.2. The molecule has 2 nitrogen and oxygen atoms in total. The van der Waals surface area contributed by atoms with E-state index in [2.05, 4.69) is 12.2 Å². The fourth-order valence-electron chi connectivity index (χ4n) is 5.35. The van der Waals surface area contributed by atoms with Gasteiger partial charge in [0, 0.05) is 12.8 Å². The summed E-state index contributed by atoms with van der Waals surface area (Å²) in [7, 11) is 0. The zero-order valence-corrected chi connectivity index (χ0v) is 16.5. The second kappa shape index (κ2) is 9.62. The van der Waals surface area contributed by atoms with Crippen LogP contribution in [0.5, 0.6) is 0 Å². The number of carbonyl (C=O) groups is 1. The maximum atomic E-state index is 14.8. The zero-order valence-electron chi connectivity index (χ0n) is 16.5. The summed E-state index contributed by atoms with van der Waals surface area (Å²) >= 11 is 0. The third-order valence-electron chi connectivity index (χ3n) is 7.01. The molecule has 3 aliphatic rings. The normalized spacial score (nSPS) is 45.1. The molecule has 0 amide bonds. The lowest BCUT2D eigenvalue weighted by atomic mass is 9.68. The van der Waals surface area contributed by atoms with E-state index in [0.29, 0.717) is 24.7 Å². The molecule has 0 N–H and O–H groups in total. The Morgan fingerprint density at radius 1 is 0.821 bits per heavy atom. The summed E-state index contributed by atoms with van der Waals surface area (Å²) < 4.78 is 60.2. The van der Waals surface area contributed by atoms with Gasteiger partial charge < -0.3 is 4.74 Å². The van der Waals surface area contributed by atoms with Crippen molar-refractivity contribution in [2.24, 2.45) is 23.7 Å². The van der Waals surface area contributed by atoms with Crippen LogP contribution in [-0.4, -0.2) is 36.8 Å². The number of esters is 1. The van der Waals surface area contributed by atoms with Crippen LogP contribution in [0.2, 0.25) is 0 Å². The summed E-state index contributed by atoms with van der Waals surface area (Å²) in [6.45, 7) is 2.03. The molecule has 0 saturated heterocycles. The van der Waals surface area contributed by atoms with Gasteiger partial charge in [0.2, 0.25) is 0 Å². The van der Waals surface area contributed by atoms with Gasteiger partial charge >= 0.3 is 5.97 Å². The number of halogens is 4. The summed E-state index contributed by atoms with van der Waals surface area (Å²) in [6.07, 6.45) is 1.27. The van der Waals surface area contributed by atoms with Crippen molar-refractivity contribution in [1.82, 2.24) is 0 Å². The molecule has 160 valence electrons. The summed E-state index contributed by atoms with van der Waals surface area (Å²) in [4.78, 5) is 12.4. The quantitative estimate of drug-likeness (QED) is 0.334. The fourth-order valence-corrected chi connectivity index (χ4v) is 5.35. The van der Waals surface area contributed by atoms with Gasteiger partial charge in [-0.1, -0.05) is 12.2 Å². The summed E-state index contributed by atoms with van der Waals surface area (Å²) in [5, 5.41) is 0. The highest BCUT2D eigenvalue weighted by molar-refractivity contribution is 5.73. The number of carbonyl (C=O) groups excluding carboxylic acids is 1. The van der Waals surface area contributed by atoms with Crippen molar-refractivity contribution in [1.29, 1.82) is 0 Å². The Morgan fingerprint density at radius 3 is 2.00 bits per heavy atom. The maximum Gasteiger partial charge on any atom is 0.312 e. The zero-order chi connectivity index (χ0) is 20.3. The topological polar surface area (TPSA) is 26.3 Å². The van der Waals surface area contributed by atoms with E-state index in [0.717, 1.165) is 32.1 Å². The van der Waals surface area contributed by atoms with Gasteiger partial charge in [0.05, 0.1) is 5.92 Å². The van der Waals surface area contributed by atoms with Crippen molar-refractivity contribution in [3.63, 3.8) is 0 Å². The van der Waals surface area contributed by atoms with Crippen LogP contribution < -0.4 is 0 Å². The molecular weight excluding hydrogens is 372 g/mol. The van der Waals surface area contributed by atoms with Crippen LogP contribution in [0.15, 0.2) is 12.2 Å². The molecule has 0 aliphatic heterocycles. The van der Waals surface area contributed by atoms with Crippen molar-refractivity contribution in [3.05, 3.63) is 12.2 Å². The molecule has 0 spiro atoms. The van der Waals surface area contributed by atoms with Gasteiger partial charge in [-0.3, -0.25) is 4.79 Å². The van der Waals surface area contributed by atoms with Crippen LogP contribution in [0.3, 0.4) is 0 Å². The molecule has 0 heterocycles. The van der Waals surface area contributed by atoms with E-state index >= 15 is 0 Å². The summed E-state index contributed by atoms with van der Waals surface area (Å²) in [6, 6.07) is 0. The third kappa shape index (κ3) is 5.10. The summed E-state index contributed by atoms with van der Waals surface area (Å²) in [5.74, 6) is -0.153. The molecule has 0 aromatic carbocycles. The molecule has 6 heteroatoms. The van der Waals surface area contributed by atoms with Crippen LogP contribution in [0.4, 0.5) is 17.6 Å². The molecule has 3 aliphatic carbocycles. The highest BCUT2D eigenvalue weighted by Gasteiger charge is 2.43. The molecule has 0 bridgehead atoms. The van der Waals surface area contributed by atoms with Gasteiger partial charge in [-0.15, -0.1) is 0 Å². The molecule has 3 fully saturated rings. The second-order valence-electron chi connectivity index (χ2n) is 8.90. The standard InChI is InChI=1S/C22H32F4O2/c1-2-3-13-4-6-14(7-5-13)15-8-9-17(18(23)10-15)22(27)28-16-11-19(24)21(26)20(25)12-16/h2-3,13-21H,4-12H2,1H3/b3-2+. The van der Waals surface area contributed by atoms with Gasteiger partial charge in [0.1, 0.15) is 24.6 Å². The number of hydrogen-bond acceptors (Lipinski definition) is 2. The van der Waals surface area contributed by atoms with Gasteiger partial charge in [-0.25, -0.2) is 17.6 Å². The Bertz CT molecular complexity index is 535. The minimum Gasteiger partial charge on any atom is -0.462 e. The lowest BCUT2D eigenvalue weighted by Crippen LogP contribution is -2.43. The number of alkyl halides is 4. The average Bonchev–Trinajstić information content (AvgIpc) is 2.66. The van der Waals surface area contributed by atoms with Crippen molar-refractivity contribution in [2.45, 2.75) is 95.5 Å². The predicted molar refractivity (Wildman–Crippen MR) is 99.8 cm³/mol. The van der Waals surface area contributed by atoms with E-state index in [1.165, 1.54) is 0 Å². The molecule has 5 unspecified atom stereocenters. The molecule has 5 atom stereocenters. The van der Waals surface area contributed by atoms with Crippen LogP contribution in [0.25, 0.3) is 0 Å². The van der Waals surface area contributed by atoms with E-state index in [9.17, 15) is 22.4 Å². The van der Waals surface area contributed by atoms with E-state index in [-0.39, 0.29) is 18.8 Å². The lowest BCUT2D eigenvalue weighted by Gasteiger charge is -2.38. The van der Waals surface area contributed by atoms with E-state index < -0.39 is 42.7 Å². The van der Waals surface area contributed by atoms with Crippen molar-refractivity contribution >= 4 is 5.97 Å². The Labute approximate surface area is 165 Å². The minimum absolute atomic E-state index is 0.290. The molecule has 28 heavy (non-hydrogen) atoms.